The van der Waals surface area contributed by atoms with E-state index in [1.165, 1.54) is 11.4 Å². The largest absolute Gasteiger partial charge is 0.464 e. The van der Waals surface area contributed by atoms with Crippen LogP contribution in [-0.4, -0.2) is 49.2 Å². The van der Waals surface area contributed by atoms with Gasteiger partial charge in [0.05, 0.1) is 18.6 Å². The number of hydrogen-bond acceptors (Lipinski definition) is 5. The number of H-pyrrole nitrogens is 1. The fourth-order valence-electron chi connectivity index (χ4n) is 4.20. The summed E-state index contributed by atoms with van der Waals surface area (Å²) in [6.45, 7) is 3.10. The van der Waals surface area contributed by atoms with Crippen molar-refractivity contribution in [3.63, 3.8) is 0 Å². The average Bonchev–Trinajstić information content (AvgIpc) is 3.06. The monoisotopic (exact) mass is 432 g/mol. The van der Waals surface area contributed by atoms with Crippen molar-refractivity contribution < 1.29 is 22.7 Å². The first-order chi connectivity index (χ1) is 14.3. The van der Waals surface area contributed by atoms with Crippen molar-refractivity contribution in [2.24, 2.45) is 0 Å². The van der Waals surface area contributed by atoms with Crippen molar-refractivity contribution in [2.45, 2.75) is 56.9 Å². The molecular formula is C22H28N2O5S. The first kappa shape index (κ1) is 22.2. The molecule has 0 amide bonds. The molecule has 0 atom stereocenters. The minimum atomic E-state index is -3.83. The fourth-order valence-corrected chi connectivity index (χ4v) is 5.86. The number of aromatic amines is 1. The van der Waals surface area contributed by atoms with Gasteiger partial charge in [-0.1, -0.05) is 37.5 Å². The number of ether oxygens (including phenoxy) is 1. The van der Waals surface area contributed by atoms with E-state index in [4.69, 9.17) is 4.74 Å². The number of rotatable bonds is 7. The minimum absolute atomic E-state index is 0.182. The molecule has 30 heavy (non-hydrogen) atoms. The molecule has 0 bridgehead atoms. The summed E-state index contributed by atoms with van der Waals surface area (Å²) >= 11 is 0. The lowest BCUT2D eigenvalue weighted by molar-refractivity contribution is 0.0594. The molecule has 7 nitrogen and oxygen atoms in total. The molecule has 1 aromatic heterocycles. The van der Waals surface area contributed by atoms with E-state index in [1.54, 1.807) is 44.2 Å². The third kappa shape index (κ3) is 4.34. The molecule has 1 N–H and O–H groups in total. The molecule has 1 heterocycles. The Bertz CT molecular complexity index is 1020. The van der Waals surface area contributed by atoms with Gasteiger partial charge in [0.25, 0.3) is 0 Å². The van der Waals surface area contributed by atoms with Crippen molar-refractivity contribution in [3.8, 4) is 0 Å². The first-order valence-corrected chi connectivity index (χ1v) is 11.6. The molecule has 8 heteroatoms. The maximum absolute atomic E-state index is 13.4. The lowest BCUT2D eigenvalue weighted by atomic mass is 9.95. The zero-order valence-electron chi connectivity index (χ0n) is 17.6. The SMILES string of the molecule is COC(=O)c1[nH]c(C)c(C(=O)CN(C2CCCCC2)S(=O)(=O)c2ccccc2)c1C. The second-order valence-corrected chi connectivity index (χ2v) is 9.59. The van der Waals surface area contributed by atoms with E-state index >= 15 is 0 Å². The maximum Gasteiger partial charge on any atom is 0.354 e. The fraction of sp³-hybridized carbons (Fsp3) is 0.455. The molecule has 1 saturated carbocycles. The van der Waals surface area contributed by atoms with E-state index in [2.05, 4.69) is 4.98 Å². The highest BCUT2D eigenvalue weighted by atomic mass is 32.2. The number of sulfonamides is 1. The Morgan fingerprint density at radius 2 is 1.73 bits per heavy atom. The van der Waals surface area contributed by atoms with Crippen LogP contribution in [0.25, 0.3) is 0 Å². The van der Waals surface area contributed by atoms with E-state index in [-0.39, 0.29) is 29.0 Å². The lowest BCUT2D eigenvalue weighted by Gasteiger charge is -2.33. The number of nitrogens with zero attached hydrogens (tertiary/aromatic N) is 1. The van der Waals surface area contributed by atoms with Crippen LogP contribution >= 0.6 is 0 Å². The molecule has 1 fully saturated rings. The molecule has 0 unspecified atom stereocenters. The van der Waals surface area contributed by atoms with Crippen LogP contribution < -0.4 is 0 Å². The van der Waals surface area contributed by atoms with Gasteiger partial charge in [0.1, 0.15) is 5.69 Å². The predicted octanol–water partition coefficient (Wildman–Crippen LogP) is 3.62. The first-order valence-electron chi connectivity index (χ1n) is 10.1. The Hall–Kier alpha value is -2.45. The number of carbonyl (C=O) groups is 2. The Kier molecular flexibility index (Phi) is 6.77. The zero-order chi connectivity index (χ0) is 21.9. The van der Waals surface area contributed by atoms with Crippen molar-refractivity contribution in [1.82, 2.24) is 9.29 Å². The Morgan fingerprint density at radius 1 is 1.10 bits per heavy atom. The van der Waals surface area contributed by atoms with Gasteiger partial charge in [0, 0.05) is 17.3 Å². The quantitative estimate of drug-likeness (QED) is 0.532. The molecule has 3 rings (SSSR count). The van der Waals surface area contributed by atoms with Gasteiger partial charge in [-0.15, -0.1) is 0 Å². The summed E-state index contributed by atoms with van der Waals surface area (Å²) in [4.78, 5) is 28.3. The topological polar surface area (TPSA) is 96.5 Å². The van der Waals surface area contributed by atoms with E-state index in [9.17, 15) is 18.0 Å². The number of hydrogen-bond donors (Lipinski definition) is 1. The Balaban J connectivity index is 1.97. The number of aryl methyl sites for hydroxylation is 1. The maximum atomic E-state index is 13.4. The molecule has 0 saturated heterocycles. The molecule has 0 spiro atoms. The summed E-state index contributed by atoms with van der Waals surface area (Å²) in [6, 6.07) is 8.01. The number of nitrogens with one attached hydrogen (secondary N) is 1. The second-order valence-electron chi connectivity index (χ2n) is 7.69. The van der Waals surface area contributed by atoms with Crippen molar-refractivity contribution >= 4 is 21.8 Å². The lowest BCUT2D eigenvalue weighted by Crippen LogP contribution is -2.44. The second kappa shape index (κ2) is 9.14. The van der Waals surface area contributed by atoms with Crippen LogP contribution in [0.1, 0.15) is 64.2 Å². The van der Waals surface area contributed by atoms with Gasteiger partial charge in [-0.2, -0.15) is 4.31 Å². The third-order valence-electron chi connectivity index (χ3n) is 5.74. The zero-order valence-corrected chi connectivity index (χ0v) is 18.4. The van der Waals surface area contributed by atoms with E-state index in [0.717, 1.165) is 32.1 Å². The van der Waals surface area contributed by atoms with E-state index in [1.807, 2.05) is 0 Å². The van der Waals surface area contributed by atoms with Crippen molar-refractivity contribution in [3.05, 3.63) is 52.8 Å². The van der Waals surface area contributed by atoms with Crippen LogP contribution in [0.5, 0.6) is 0 Å². The summed E-state index contributed by atoms with van der Waals surface area (Å²) < 4.78 is 33.0. The normalized spacial score (nSPS) is 15.3. The molecule has 0 radical (unpaired) electrons. The van der Waals surface area contributed by atoms with Crippen LogP contribution in [0.4, 0.5) is 0 Å². The van der Waals surface area contributed by atoms with Gasteiger partial charge in [0.2, 0.25) is 10.0 Å². The van der Waals surface area contributed by atoms with Crippen molar-refractivity contribution in [1.29, 1.82) is 0 Å². The minimum Gasteiger partial charge on any atom is -0.464 e. The summed E-state index contributed by atoms with van der Waals surface area (Å²) in [5, 5.41) is 0. The summed E-state index contributed by atoms with van der Waals surface area (Å²) in [5.41, 5.74) is 1.57. The average molecular weight is 433 g/mol. The van der Waals surface area contributed by atoms with Crippen molar-refractivity contribution in [2.75, 3.05) is 13.7 Å². The highest BCUT2D eigenvalue weighted by molar-refractivity contribution is 7.89. The third-order valence-corrected chi connectivity index (χ3v) is 7.65. The standard InChI is InChI=1S/C22H28N2O5S/c1-15-20(16(2)23-21(15)22(26)29-3)19(25)14-24(17-10-6-4-7-11-17)30(27,28)18-12-8-5-9-13-18/h5,8-9,12-13,17,23H,4,6-7,10-11,14H2,1-3H3. The van der Waals surface area contributed by atoms with Gasteiger partial charge in [0.15, 0.2) is 5.78 Å². The van der Waals surface area contributed by atoms with Gasteiger partial charge in [-0.05, 0) is 44.4 Å². The Morgan fingerprint density at radius 3 is 2.33 bits per heavy atom. The van der Waals surface area contributed by atoms with Gasteiger partial charge in [-0.25, -0.2) is 13.2 Å². The summed E-state index contributed by atoms with van der Waals surface area (Å²) in [6.07, 6.45) is 4.42. The number of esters is 1. The number of carbonyl (C=O) groups excluding carboxylic acids is 2. The Labute approximate surface area is 177 Å². The van der Waals surface area contributed by atoms with Crippen LogP contribution in [0.3, 0.4) is 0 Å². The molecule has 162 valence electrons. The number of benzene rings is 1. The highest BCUT2D eigenvalue weighted by Crippen LogP contribution is 2.29. The highest BCUT2D eigenvalue weighted by Gasteiger charge is 2.35. The molecule has 1 aromatic carbocycles. The van der Waals surface area contributed by atoms with Gasteiger partial charge >= 0.3 is 5.97 Å². The molecule has 2 aromatic rings. The number of Topliss-reactive ketones (excluding diaryl/α,β-unsaturated/α-hetero) is 1. The number of aromatic nitrogens is 1. The van der Waals surface area contributed by atoms with Crippen LogP contribution in [0.2, 0.25) is 0 Å². The molecule has 1 aliphatic carbocycles. The molecule has 1 aliphatic rings. The van der Waals surface area contributed by atoms with Crippen LogP contribution in [-0.2, 0) is 14.8 Å². The van der Waals surface area contributed by atoms with Crippen LogP contribution in [0.15, 0.2) is 35.2 Å². The number of ketones is 1. The van der Waals surface area contributed by atoms with E-state index < -0.39 is 16.0 Å². The molecule has 0 aliphatic heterocycles. The molecular weight excluding hydrogens is 404 g/mol. The smallest absolute Gasteiger partial charge is 0.354 e. The van der Waals surface area contributed by atoms with E-state index in [0.29, 0.717) is 16.8 Å². The predicted molar refractivity (Wildman–Crippen MR) is 113 cm³/mol. The number of methoxy groups -OCH3 is 1. The van der Waals surface area contributed by atoms with Gasteiger partial charge in [-0.3, -0.25) is 4.79 Å². The summed E-state index contributed by atoms with van der Waals surface area (Å²) in [5.74, 6) is -0.892. The van der Waals surface area contributed by atoms with Crippen LogP contribution in [0, 0.1) is 13.8 Å². The summed E-state index contributed by atoms with van der Waals surface area (Å²) in [7, 11) is -2.56. The van der Waals surface area contributed by atoms with Gasteiger partial charge < -0.3 is 9.72 Å².